The maximum Gasteiger partial charge on any atom is 0.173 e. The van der Waals surface area contributed by atoms with Gasteiger partial charge in [-0.3, -0.25) is 0 Å². The van der Waals surface area contributed by atoms with Gasteiger partial charge in [0.2, 0.25) is 0 Å². The maximum atomic E-state index is 13.2. The summed E-state index contributed by atoms with van der Waals surface area (Å²) in [5.41, 5.74) is 6.76. The second kappa shape index (κ2) is 6.78. The fourth-order valence-electron chi connectivity index (χ4n) is 1.67. The van der Waals surface area contributed by atoms with Gasteiger partial charge in [-0.05, 0) is 51.8 Å². The number of ether oxygens (including phenoxy) is 1. The van der Waals surface area contributed by atoms with Gasteiger partial charge in [-0.15, -0.1) is 0 Å². The normalized spacial score (nSPS) is 11.5. The Kier molecular flexibility index (Phi) is 5.03. The van der Waals surface area contributed by atoms with E-state index in [-0.39, 0.29) is 18.3 Å². The number of nitrogens with two attached hydrogens (primary N) is 1. The zero-order valence-corrected chi connectivity index (χ0v) is 13.0. The van der Waals surface area contributed by atoms with E-state index in [9.17, 15) is 4.39 Å². The summed E-state index contributed by atoms with van der Waals surface area (Å²) in [4.78, 5) is 0. The third-order valence-electron chi connectivity index (χ3n) is 2.71. The standard InChI is InChI=1S/C14H11BrClFN2O2/c15-11-5-8(1-4-12(11)17)7-21-13-6-9(16)2-3-10(13)14(18)19-20/h1-6,20H,7H2,(H2,18,19). The van der Waals surface area contributed by atoms with Crippen LogP contribution in [0.15, 0.2) is 46.0 Å². The molecule has 0 fully saturated rings. The first-order valence-corrected chi connectivity index (χ1v) is 7.02. The third kappa shape index (κ3) is 3.86. The highest BCUT2D eigenvalue weighted by atomic mass is 79.9. The molecule has 0 radical (unpaired) electrons. The average molecular weight is 374 g/mol. The third-order valence-corrected chi connectivity index (χ3v) is 3.55. The maximum absolute atomic E-state index is 13.2. The van der Waals surface area contributed by atoms with E-state index in [0.717, 1.165) is 5.56 Å². The topological polar surface area (TPSA) is 67.8 Å². The van der Waals surface area contributed by atoms with Crippen molar-refractivity contribution in [1.82, 2.24) is 0 Å². The number of halogens is 3. The minimum Gasteiger partial charge on any atom is -0.488 e. The van der Waals surface area contributed by atoms with Gasteiger partial charge in [-0.2, -0.15) is 0 Å². The molecule has 0 aromatic heterocycles. The number of hydrogen-bond donors (Lipinski definition) is 2. The van der Waals surface area contributed by atoms with E-state index in [4.69, 9.17) is 27.3 Å². The number of oxime groups is 1. The minimum atomic E-state index is -0.348. The smallest absolute Gasteiger partial charge is 0.173 e. The van der Waals surface area contributed by atoms with E-state index in [1.807, 2.05) is 0 Å². The first-order valence-electron chi connectivity index (χ1n) is 5.85. The first kappa shape index (κ1) is 15.6. The second-order valence-corrected chi connectivity index (χ2v) is 5.45. The molecule has 0 amide bonds. The van der Waals surface area contributed by atoms with Gasteiger partial charge in [0, 0.05) is 5.02 Å². The van der Waals surface area contributed by atoms with Crippen LogP contribution in [0, 0.1) is 5.82 Å². The summed E-state index contributed by atoms with van der Waals surface area (Å²) in [6.07, 6.45) is 0. The van der Waals surface area contributed by atoms with Gasteiger partial charge in [-0.25, -0.2) is 4.39 Å². The fraction of sp³-hybridized carbons (Fsp3) is 0.0714. The number of amidine groups is 1. The molecule has 0 saturated carbocycles. The average Bonchev–Trinajstić information content (AvgIpc) is 2.48. The summed E-state index contributed by atoms with van der Waals surface area (Å²) in [7, 11) is 0. The van der Waals surface area contributed by atoms with Crippen LogP contribution in [0.4, 0.5) is 4.39 Å². The molecule has 0 unspecified atom stereocenters. The summed E-state index contributed by atoms with van der Waals surface area (Å²) in [5, 5.41) is 12.2. The molecule has 21 heavy (non-hydrogen) atoms. The molecule has 0 saturated heterocycles. The van der Waals surface area contributed by atoms with Gasteiger partial charge in [0.25, 0.3) is 0 Å². The lowest BCUT2D eigenvalue weighted by molar-refractivity contribution is 0.303. The second-order valence-electron chi connectivity index (χ2n) is 4.16. The van der Waals surface area contributed by atoms with Crippen LogP contribution < -0.4 is 10.5 Å². The van der Waals surface area contributed by atoms with Crippen LogP contribution in [-0.2, 0) is 6.61 Å². The molecule has 7 heteroatoms. The highest BCUT2D eigenvalue weighted by Crippen LogP contribution is 2.25. The molecule has 2 rings (SSSR count). The predicted molar refractivity (Wildman–Crippen MR) is 82.4 cm³/mol. The molecular formula is C14H11BrClFN2O2. The van der Waals surface area contributed by atoms with Crippen LogP contribution in [-0.4, -0.2) is 11.0 Å². The molecule has 3 N–H and O–H groups in total. The zero-order valence-electron chi connectivity index (χ0n) is 10.7. The van der Waals surface area contributed by atoms with Crippen molar-refractivity contribution >= 4 is 33.4 Å². The highest BCUT2D eigenvalue weighted by molar-refractivity contribution is 9.10. The Morgan fingerprint density at radius 3 is 2.76 bits per heavy atom. The van der Waals surface area contributed by atoms with Crippen LogP contribution in [0.25, 0.3) is 0 Å². The van der Waals surface area contributed by atoms with Crippen molar-refractivity contribution in [3.05, 3.63) is 62.8 Å². The van der Waals surface area contributed by atoms with Gasteiger partial charge in [0.1, 0.15) is 18.2 Å². The van der Waals surface area contributed by atoms with Gasteiger partial charge >= 0.3 is 0 Å². The van der Waals surface area contributed by atoms with E-state index < -0.39 is 0 Å². The number of hydrogen-bond acceptors (Lipinski definition) is 3. The molecule has 0 aliphatic heterocycles. The van der Waals surface area contributed by atoms with Crippen LogP contribution in [0.1, 0.15) is 11.1 Å². The van der Waals surface area contributed by atoms with Crippen molar-refractivity contribution in [1.29, 1.82) is 0 Å². The van der Waals surface area contributed by atoms with Crippen molar-refractivity contribution in [2.75, 3.05) is 0 Å². The molecule has 2 aromatic rings. The lowest BCUT2D eigenvalue weighted by atomic mass is 10.2. The van der Waals surface area contributed by atoms with Crippen molar-refractivity contribution in [3.63, 3.8) is 0 Å². The lowest BCUT2D eigenvalue weighted by Crippen LogP contribution is -2.14. The van der Waals surface area contributed by atoms with Crippen molar-refractivity contribution in [2.45, 2.75) is 6.61 Å². The van der Waals surface area contributed by atoms with E-state index in [1.54, 1.807) is 30.3 Å². The van der Waals surface area contributed by atoms with Crippen LogP contribution in [0.3, 0.4) is 0 Å². The zero-order chi connectivity index (χ0) is 15.4. The molecule has 4 nitrogen and oxygen atoms in total. The molecule has 0 spiro atoms. The molecule has 0 heterocycles. The Hall–Kier alpha value is -1.79. The monoisotopic (exact) mass is 372 g/mol. The van der Waals surface area contributed by atoms with E-state index >= 15 is 0 Å². The van der Waals surface area contributed by atoms with Crippen LogP contribution in [0.2, 0.25) is 5.02 Å². The number of benzene rings is 2. The van der Waals surface area contributed by atoms with Crippen LogP contribution >= 0.6 is 27.5 Å². The quantitative estimate of drug-likeness (QED) is 0.369. The Morgan fingerprint density at radius 1 is 1.33 bits per heavy atom. The molecule has 0 bridgehead atoms. The van der Waals surface area contributed by atoms with Crippen molar-refractivity contribution < 1.29 is 14.3 Å². The molecular weight excluding hydrogens is 363 g/mol. The van der Waals surface area contributed by atoms with E-state index in [2.05, 4.69) is 21.1 Å². The summed E-state index contributed by atoms with van der Waals surface area (Å²) in [6, 6.07) is 9.32. The first-order chi connectivity index (χ1) is 10.0. The Balaban J connectivity index is 2.22. The predicted octanol–water partition coefficient (Wildman–Crippen LogP) is 3.92. The highest BCUT2D eigenvalue weighted by Gasteiger charge is 2.10. The van der Waals surface area contributed by atoms with Crippen LogP contribution in [0.5, 0.6) is 5.75 Å². The molecule has 0 aliphatic rings. The van der Waals surface area contributed by atoms with Gasteiger partial charge in [0.15, 0.2) is 5.84 Å². The summed E-state index contributed by atoms with van der Waals surface area (Å²) in [6.45, 7) is 0.185. The molecule has 2 aromatic carbocycles. The Bertz CT molecular complexity index is 695. The number of rotatable bonds is 4. The summed E-state index contributed by atoms with van der Waals surface area (Å²) in [5.74, 6) is -0.0564. The Labute approximate surface area is 134 Å². The van der Waals surface area contributed by atoms with E-state index in [0.29, 0.717) is 20.8 Å². The lowest BCUT2D eigenvalue weighted by Gasteiger charge is -2.11. The fourth-order valence-corrected chi connectivity index (χ4v) is 2.26. The van der Waals surface area contributed by atoms with Gasteiger partial charge in [-0.1, -0.05) is 22.8 Å². The van der Waals surface area contributed by atoms with Gasteiger partial charge < -0.3 is 15.7 Å². The largest absolute Gasteiger partial charge is 0.488 e. The summed E-state index contributed by atoms with van der Waals surface area (Å²) < 4.78 is 19.1. The van der Waals surface area contributed by atoms with Crippen molar-refractivity contribution in [2.24, 2.45) is 10.9 Å². The SMILES string of the molecule is N/C(=N/O)c1ccc(Cl)cc1OCc1ccc(F)c(Br)c1. The molecule has 110 valence electrons. The van der Waals surface area contributed by atoms with Gasteiger partial charge in [0.05, 0.1) is 10.0 Å². The minimum absolute atomic E-state index is 0.0815. The molecule has 0 atom stereocenters. The summed E-state index contributed by atoms with van der Waals surface area (Å²) >= 11 is 9.02. The van der Waals surface area contributed by atoms with E-state index in [1.165, 1.54) is 6.07 Å². The molecule has 0 aliphatic carbocycles. The van der Waals surface area contributed by atoms with Crippen molar-refractivity contribution in [3.8, 4) is 5.75 Å². The number of nitrogens with zero attached hydrogens (tertiary/aromatic N) is 1. The Morgan fingerprint density at radius 2 is 2.10 bits per heavy atom.